The van der Waals surface area contributed by atoms with Gasteiger partial charge in [0, 0.05) is 31.9 Å². The molecule has 0 fully saturated rings. The second-order valence-electron chi connectivity index (χ2n) is 4.95. The van der Waals surface area contributed by atoms with Gasteiger partial charge in [0.15, 0.2) is 0 Å². The summed E-state index contributed by atoms with van der Waals surface area (Å²) in [6.07, 6.45) is 0.808. The lowest BCUT2D eigenvalue weighted by molar-refractivity contribution is 0.0951. The summed E-state index contributed by atoms with van der Waals surface area (Å²) in [4.78, 5) is 13.6. The fourth-order valence-corrected chi connectivity index (χ4v) is 3.00. The number of hydrogen-bond donors (Lipinski definition) is 1. The van der Waals surface area contributed by atoms with Crippen molar-refractivity contribution in [2.75, 3.05) is 20.3 Å². The molecule has 2 rings (SSSR count). The molecule has 0 unspecified atom stereocenters. The Labute approximate surface area is 122 Å². The lowest BCUT2D eigenvalue weighted by Crippen LogP contribution is -2.25. The van der Waals surface area contributed by atoms with Crippen molar-refractivity contribution in [2.45, 2.75) is 33.1 Å². The van der Waals surface area contributed by atoms with E-state index in [1.165, 1.54) is 11.3 Å². The number of thiazole rings is 1. The molecule has 0 saturated heterocycles. The lowest BCUT2D eigenvalue weighted by atomic mass is 10.2. The molecule has 20 heavy (non-hydrogen) atoms. The molecule has 0 radical (unpaired) electrons. The van der Waals surface area contributed by atoms with E-state index in [1.807, 2.05) is 11.3 Å². The quantitative estimate of drug-likeness (QED) is 0.828. The van der Waals surface area contributed by atoms with Crippen molar-refractivity contribution in [1.29, 1.82) is 0 Å². The Hall–Kier alpha value is -1.47. The third kappa shape index (κ3) is 2.83. The van der Waals surface area contributed by atoms with Gasteiger partial charge in [0.05, 0.1) is 0 Å². The maximum absolute atomic E-state index is 12.2. The fraction of sp³-hybridized carbons (Fsp3) is 0.615. The van der Waals surface area contributed by atoms with Gasteiger partial charge in [-0.1, -0.05) is 25.2 Å². The molecule has 6 nitrogen and oxygen atoms in total. The number of rotatable bonds is 6. The van der Waals surface area contributed by atoms with Crippen LogP contribution in [0, 0.1) is 6.92 Å². The van der Waals surface area contributed by atoms with E-state index in [0.29, 0.717) is 18.0 Å². The third-order valence-electron chi connectivity index (χ3n) is 3.05. The van der Waals surface area contributed by atoms with Crippen LogP contribution < -0.4 is 5.32 Å². The molecule has 0 saturated carbocycles. The maximum Gasteiger partial charge on any atom is 0.263 e. The van der Waals surface area contributed by atoms with E-state index in [4.69, 9.17) is 4.74 Å². The van der Waals surface area contributed by atoms with Crippen LogP contribution in [-0.4, -0.2) is 40.8 Å². The zero-order valence-electron chi connectivity index (χ0n) is 12.3. The Kier molecular flexibility index (Phi) is 4.72. The summed E-state index contributed by atoms with van der Waals surface area (Å²) in [5.74, 6) is 1.12. The van der Waals surface area contributed by atoms with Gasteiger partial charge in [-0.2, -0.15) is 0 Å². The van der Waals surface area contributed by atoms with Crippen LogP contribution in [0.1, 0.15) is 47.4 Å². The van der Waals surface area contributed by atoms with Crippen LogP contribution in [0.5, 0.6) is 0 Å². The van der Waals surface area contributed by atoms with E-state index in [0.717, 1.165) is 22.9 Å². The maximum atomic E-state index is 12.2. The summed E-state index contributed by atoms with van der Waals surface area (Å²) in [6, 6.07) is 0. The number of amides is 1. The molecule has 0 atom stereocenters. The number of nitrogens with zero attached hydrogens (tertiary/aromatic N) is 3. The van der Waals surface area contributed by atoms with E-state index >= 15 is 0 Å². The Morgan fingerprint density at radius 2 is 2.20 bits per heavy atom. The van der Waals surface area contributed by atoms with Crippen molar-refractivity contribution >= 4 is 22.2 Å². The van der Waals surface area contributed by atoms with Crippen molar-refractivity contribution < 1.29 is 9.53 Å². The highest BCUT2D eigenvalue weighted by Gasteiger charge is 2.20. The minimum atomic E-state index is -0.0520. The topological polar surface area (TPSA) is 68.5 Å². The molecule has 7 heteroatoms. The van der Waals surface area contributed by atoms with Crippen LogP contribution in [0.2, 0.25) is 0 Å². The smallest absolute Gasteiger partial charge is 0.263 e. The zero-order chi connectivity index (χ0) is 14.7. The average Bonchev–Trinajstić information content (AvgIpc) is 2.95. The number of hydrogen-bond acceptors (Lipinski definition) is 5. The van der Waals surface area contributed by atoms with Crippen LogP contribution in [0.4, 0.5) is 0 Å². The van der Waals surface area contributed by atoms with Gasteiger partial charge in [0.2, 0.25) is 4.96 Å². The molecular weight excluding hydrogens is 276 g/mol. The molecule has 0 bridgehead atoms. The molecule has 0 aliphatic carbocycles. The molecule has 1 N–H and O–H groups in total. The molecule has 1 amide bonds. The van der Waals surface area contributed by atoms with Crippen LogP contribution in [0.15, 0.2) is 0 Å². The summed E-state index contributed by atoms with van der Waals surface area (Å²) in [5, 5.41) is 11.2. The summed E-state index contributed by atoms with van der Waals surface area (Å²) >= 11 is 1.38. The lowest BCUT2D eigenvalue weighted by Gasteiger charge is -2.05. The number of nitrogens with one attached hydrogen (secondary N) is 1. The number of fused-ring (bicyclic) bond motifs is 1. The van der Waals surface area contributed by atoms with Crippen molar-refractivity contribution in [3.8, 4) is 0 Å². The SMILES string of the molecule is COCCCNC(=O)c1sc2nnc(C(C)C)n2c1C. The summed E-state index contributed by atoms with van der Waals surface area (Å²) in [5.41, 5.74) is 0.906. The van der Waals surface area contributed by atoms with Crippen LogP contribution in [0.25, 0.3) is 4.96 Å². The van der Waals surface area contributed by atoms with E-state index in [9.17, 15) is 4.79 Å². The highest BCUT2D eigenvalue weighted by molar-refractivity contribution is 7.19. The van der Waals surface area contributed by atoms with Crippen LogP contribution >= 0.6 is 11.3 Å². The van der Waals surface area contributed by atoms with Crippen molar-refractivity contribution in [3.05, 3.63) is 16.4 Å². The number of aryl methyl sites for hydroxylation is 1. The van der Waals surface area contributed by atoms with Gasteiger partial charge >= 0.3 is 0 Å². The zero-order valence-corrected chi connectivity index (χ0v) is 13.1. The Morgan fingerprint density at radius 3 is 2.85 bits per heavy atom. The highest BCUT2D eigenvalue weighted by atomic mass is 32.1. The molecule has 2 heterocycles. The number of carbonyl (C=O) groups is 1. The molecule has 0 spiro atoms. The molecule has 110 valence electrons. The number of methoxy groups -OCH3 is 1. The molecule has 0 aromatic carbocycles. The van der Waals surface area contributed by atoms with Crippen molar-refractivity contribution in [2.24, 2.45) is 0 Å². The number of aromatic nitrogens is 3. The van der Waals surface area contributed by atoms with E-state index < -0.39 is 0 Å². The first-order valence-electron chi connectivity index (χ1n) is 6.67. The van der Waals surface area contributed by atoms with Crippen LogP contribution in [-0.2, 0) is 4.74 Å². The van der Waals surface area contributed by atoms with Gasteiger partial charge in [-0.15, -0.1) is 10.2 Å². The molecule has 0 aliphatic heterocycles. The predicted octanol–water partition coefficient (Wildman–Crippen LogP) is 1.99. The number of carbonyl (C=O) groups excluding carboxylic acids is 1. The van der Waals surface area contributed by atoms with Crippen molar-refractivity contribution in [1.82, 2.24) is 19.9 Å². The second kappa shape index (κ2) is 6.32. The first-order valence-corrected chi connectivity index (χ1v) is 7.49. The second-order valence-corrected chi connectivity index (χ2v) is 5.93. The average molecular weight is 296 g/mol. The minimum Gasteiger partial charge on any atom is -0.385 e. The summed E-state index contributed by atoms with van der Waals surface area (Å²) in [7, 11) is 1.65. The number of ether oxygens (including phenoxy) is 1. The Morgan fingerprint density at radius 1 is 1.45 bits per heavy atom. The largest absolute Gasteiger partial charge is 0.385 e. The predicted molar refractivity (Wildman–Crippen MR) is 78.5 cm³/mol. The summed E-state index contributed by atoms with van der Waals surface area (Å²) < 4.78 is 6.93. The Balaban J connectivity index is 2.18. The standard InChI is InChI=1S/C13H20N4O2S/c1-8(2)11-15-16-13-17(11)9(3)10(20-13)12(18)14-6-5-7-19-4/h8H,5-7H2,1-4H3,(H,14,18). The van der Waals surface area contributed by atoms with Crippen LogP contribution in [0.3, 0.4) is 0 Å². The monoisotopic (exact) mass is 296 g/mol. The summed E-state index contributed by atoms with van der Waals surface area (Å²) in [6.45, 7) is 7.33. The van der Waals surface area contributed by atoms with E-state index in [2.05, 4.69) is 29.4 Å². The minimum absolute atomic E-state index is 0.0520. The molecule has 0 aliphatic rings. The van der Waals surface area contributed by atoms with E-state index in [1.54, 1.807) is 7.11 Å². The van der Waals surface area contributed by atoms with Crippen molar-refractivity contribution in [3.63, 3.8) is 0 Å². The van der Waals surface area contributed by atoms with Gasteiger partial charge in [0.1, 0.15) is 10.7 Å². The fourth-order valence-electron chi connectivity index (χ4n) is 2.01. The first-order chi connectivity index (χ1) is 9.56. The first kappa shape index (κ1) is 14.9. The van der Waals surface area contributed by atoms with Gasteiger partial charge in [-0.25, -0.2) is 0 Å². The van der Waals surface area contributed by atoms with Gasteiger partial charge < -0.3 is 10.1 Å². The van der Waals surface area contributed by atoms with Gasteiger partial charge in [0.25, 0.3) is 5.91 Å². The molecular formula is C13H20N4O2S. The highest BCUT2D eigenvalue weighted by Crippen LogP contribution is 2.25. The van der Waals surface area contributed by atoms with E-state index in [-0.39, 0.29) is 11.8 Å². The normalized spacial score (nSPS) is 11.4. The van der Waals surface area contributed by atoms with Gasteiger partial charge in [-0.3, -0.25) is 9.20 Å². The molecule has 2 aromatic rings. The third-order valence-corrected chi connectivity index (χ3v) is 4.18. The molecule has 2 aromatic heterocycles. The Bertz CT molecular complexity index is 603. The van der Waals surface area contributed by atoms with Gasteiger partial charge in [-0.05, 0) is 13.3 Å².